The fraction of sp³-hybridized carbons (Fsp3) is 0.100. The lowest BCUT2D eigenvalue weighted by molar-refractivity contribution is -0.139. The molecule has 0 aromatic heterocycles. The molecule has 0 fully saturated rings. The van der Waals surface area contributed by atoms with Gasteiger partial charge < -0.3 is 9.84 Å². The average Bonchev–Trinajstić information content (AvgIpc) is 2.87. The number of aliphatic carboxylic acids is 1. The molecular weight excluding hydrogens is 440 g/mol. The Balaban J connectivity index is 1.54. The van der Waals surface area contributed by atoms with Crippen LogP contribution in [0.1, 0.15) is 16.7 Å². The van der Waals surface area contributed by atoms with E-state index in [1.165, 1.54) is 33.4 Å². The van der Waals surface area contributed by atoms with E-state index in [9.17, 15) is 4.79 Å². The molecule has 3 nitrogen and oxygen atoms in total. The van der Waals surface area contributed by atoms with Crippen molar-refractivity contribution in [3.63, 3.8) is 0 Å². The fourth-order valence-electron chi connectivity index (χ4n) is 3.73. The summed E-state index contributed by atoms with van der Waals surface area (Å²) in [6.07, 6.45) is 2.28. The van der Waals surface area contributed by atoms with Crippen molar-refractivity contribution in [2.75, 3.05) is 12.4 Å². The van der Waals surface area contributed by atoms with Crippen LogP contribution in [0.2, 0.25) is 0 Å². The van der Waals surface area contributed by atoms with Crippen LogP contribution < -0.4 is 4.74 Å². The molecule has 34 heavy (non-hydrogen) atoms. The van der Waals surface area contributed by atoms with E-state index in [2.05, 4.69) is 85.8 Å². The Morgan fingerprint density at radius 2 is 1.47 bits per heavy atom. The van der Waals surface area contributed by atoms with Gasteiger partial charge in [0.25, 0.3) is 0 Å². The monoisotopic (exact) mass is 466 g/mol. The van der Waals surface area contributed by atoms with Crippen molar-refractivity contribution in [2.45, 2.75) is 11.8 Å². The first-order chi connectivity index (χ1) is 16.6. The van der Waals surface area contributed by atoms with Crippen LogP contribution in [-0.2, 0) is 4.79 Å². The van der Waals surface area contributed by atoms with Gasteiger partial charge in [0.15, 0.2) is 6.61 Å². The van der Waals surface area contributed by atoms with Gasteiger partial charge in [-0.15, -0.1) is 11.8 Å². The van der Waals surface area contributed by atoms with Crippen molar-refractivity contribution in [1.29, 1.82) is 0 Å². The molecule has 170 valence electrons. The lowest BCUT2D eigenvalue weighted by atomic mass is 9.93. The van der Waals surface area contributed by atoms with Crippen LogP contribution in [-0.4, -0.2) is 23.4 Å². The van der Waals surface area contributed by atoms with Gasteiger partial charge in [-0.3, -0.25) is 0 Å². The van der Waals surface area contributed by atoms with Crippen molar-refractivity contribution in [2.24, 2.45) is 0 Å². The Kier molecular flexibility index (Phi) is 7.84. The fourth-order valence-corrected chi connectivity index (χ4v) is 4.50. The molecule has 0 amide bonds. The summed E-state index contributed by atoms with van der Waals surface area (Å²) in [7, 11) is 0. The third-order valence-electron chi connectivity index (χ3n) is 5.46. The van der Waals surface area contributed by atoms with E-state index >= 15 is 0 Å². The van der Waals surface area contributed by atoms with Crippen LogP contribution >= 0.6 is 11.8 Å². The van der Waals surface area contributed by atoms with Gasteiger partial charge in [0.1, 0.15) is 5.75 Å². The molecule has 0 aliphatic carbocycles. The minimum Gasteiger partial charge on any atom is -0.482 e. The Hall–Kier alpha value is -3.76. The third kappa shape index (κ3) is 6.18. The maximum Gasteiger partial charge on any atom is 0.341 e. The van der Waals surface area contributed by atoms with Crippen molar-refractivity contribution in [3.8, 4) is 16.9 Å². The number of hydrogen-bond acceptors (Lipinski definition) is 3. The summed E-state index contributed by atoms with van der Waals surface area (Å²) < 4.78 is 5.21. The molecule has 0 aliphatic rings. The normalized spacial score (nSPS) is 11.3. The number of benzene rings is 4. The SMILES string of the molecule is Cc1ccccc1C(=CCSc1ccc(OCC(=O)O)cc1)c1ccc(-c2ccccc2)cc1. The van der Waals surface area contributed by atoms with Crippen LogP contribution in [0, 0.1) is 6.92 Å². The molecule has 4 aromatic rings. The van der Waals surface area contributed by atoms with E-state index in [-0.39, 0.29) is 6.61 Å². The summed E-state index contributed by atoms with van der Waals surface area (Å²) in [6, 6.07) is 35.1. The lowest BCUT2D eigenvalue weighted by Crippen LogP contribution is -2.09. The maximum absolute atomic E-state index is 10.7. The van der Waals surface area contributed by atoms with Gasteiger partial charge in [-0.2, -0.15) is 0 Å². The van der Waals surface area contributed by atoms with Crippen LogP contribution in [0.4, 0.5) is 0 Å². The Morgan fingerprint density at radius 3 is 2.15 bits per heavy atom. The summed E-state index contributed by atoms with van der Waals surface area (Å²) in [6.45, 7) is 1.81. The molecule has 1 N–H and O–H groups in total. The zero-order valence-electron chi connectivity index (χ0n) is 19.0. The minimum atomic E-state index is -0.982. The van der Waals surface area contributed by atoms with Crippen LogP contribution in [0.3, 0.4) is 0 Å². The highest BCUT2D eigenvalue weighted by atomic mass is 32.2. The van der Waals surface area contributed by atoms with E-state index in [0.717, 1.165) is 10.6 Å². The number of thioether (sulfide) groups is 1. The summed E-state index contributed by atoms with van der Waals surface area (Å²) in [5.41, 5.74) is 7.28. The summed E-state index contributed by atoms with van der Waals surface area (Å²) >= 11 is 1.73. The second kappa shape index (κ2) is 11.4. The molecule has 4 aromatic carbocycles. The highest BCUT2D eigenvalue weighted by Gasteiger charge is 2.09. The Morgan fingerprint density at radius 1 is 0.824 bits per heavy atom. The van der Waals surface area contributed by atoms with Gasteiger partial charge in [-0.25, -0.2) is 4.79 Å². The highest BCUT2D eigenvalue weighted by molar-refractivity contribution is 7.99. The highest BCUT2D eigenvalue weighted by Crippen LogP contribution is 2.30. The molecule has 4 rings (SSSR count). The number of hydrogen-bond donors (Lipinski definition) is 1. The van der Waals surface area contributed by atoms with Gasteiger partial charge >= 0.3 is 5.97 Å². The van der Waals surface area contributed by atoms with E-state index in [1.807, 2.05) is 18.2 Å². The molecular formula is C30H26O3S. The number of aryl methyl sites for hydroxylation is 1. The summed E-state index contributed by atoms with van der Waals surface area (Å²) in [5, 5.41) is 8.74. The summed E-state index contributed by atoms with van der Waals surface area (Å²) in [5.74, 6) is 0.380. The molecule has 0 aliphatic heterocycles. The van der Waals surface area contributed by atoms with Gasteiger partial charge in [0.2, 0.25) is 0 Å². The zero-order valence-corrected chi connectivity index (χ0v) is 19.8. The average molecular weight is 467 g/mol. The van der Waals surface area contributed by atoms with Gasteiger partial charge in [0, 0.05) is 10.6 Å². The molecule has 0 radical (unpaired) electrons. The van der Waals surface area contributed by atoms with Gasteiger partial charge in [-0.05, 0) is 64.6 Å². The lowest BCUT2D eigenvalue weighted by Gasteiger charge is -2.13. The molecule has 4 heteroatoms. The first kappa shape index (κ1) is 23.4. The van der Waals surface area contributed by atoms with Crippen LogP contribution in [0.25, 0.3) is 16.7 Å². The van der Waals surface area contributed by atoms with Crippen LogP contribution in [0.5, 0.6) is 5.75 Å². The number of rotatable bonds is 9. The minimum absolute atomic E-state index is 0.335. The maximum atomic E-state index is 10.7. The first-order valence-electron chi connectivity index (χ1n) is 11.1. The number of carboxylic acid groups (broad SMARTS) is 1. The van der Waals surface area contributed by atoms with E-state index in [4.69, 9.17) is 9.84 Å². The second-order valence-corrected chi connectivity index (χ2v) is 8.93. The van der Waals surface area contributed by atoms with Crippen LogP contribution in [0.15, 0.2) is 114 Å². The molecule has 0 heterocycles. The predicted molar refractivity (Wildman–Crippen MR) is 140 cm³/mol. The third-order valence-corrected chi connectivity index (χ3v) is 6.40. The Bertz CT molecular complexity index is 1260. The largest absolute Gasteiger partial charge is 0.482 e. The number of carbonyl (C=O) groups is 1. The van der Waals surface area contributed by atoms with Crippen molar-refractivity contribution < 1.29 is 14.6 Å². The molecule has 0 saturated carbocycles. The van der Waals surface area contributed by atoms with Crippen molar-refractivity contribution in [3.05, 3.63) is 126 Å². The number of ether oxygens (including phenoxy) is 1. The molecule has 0 atom stereocenters. The van der Waals surface area contributed by atoms with Crippen molar-refractivity contribution in [1.82, 2.24) is 0 Å². The van der Waals surface area contributed by atoms with Crippen molar-refractivity contribution >= 4 is 23.3 Å². The smallest absolute Gasteiger partial charge is 0.341 e. The molecule has 0 spiro atoms. The van der Waals surface area contributed by atoms with E-state index < -0.39 is 5.97 Å². The molecule has 0 unspecified atom stereocenters. The zero-order chi connectivity index (χ0) is 23.8. The standard InChI is InChI=1S/C30H26O3S/c1-22-7-5-6-10-28(22)29(25-13-11-24(12-14-25)23-8-3-2-4-9-23)19-20-34-27-17-15-26(16-18-27)33-21-30(31)32/h2-19H,20-21H2,1H3,(H,31,32). The Labute approximate surface area is 204 Å². The van der Waals surface area contributed by atoms with E-state index in [0.29, 0.717) is 5.75 Å². The van der Waals surface area contributed by atoms with Gasteiger partial charge in [-0.1, -0.05) is 84.9 Å². The quantitative estimate of drug-likeness (QED) is 0.262. The molecule has 0 saturated heterocycles. The van der Waals surface area contributed by atoms with E-state index in [1.54, 1.807) is 23.9 Å². The first-order valence-corrected chi connectivity index (χ1v) is 12.1. The summed E-state index contributed by atoms with van der Waals surface area (Å²) in [4.78, 5) is 11.8. The number of carboxylic acids is 1. The topological polar surface area (TPSA) is 46.5 Å². The second-order valence-electron chi connectivity index (χ2n) is 7.84. The molecule has 0 bridgehead atoms. The predicted octanol–water partition coefficient (Wildman–Crippen LogP) is 7.35. The van der Waals surface area contributed by atoms with Gasteiger partial charge in [0.05, 0.1) is 0 Å².